The first-order valence-corrected chi connectivity index (χ1v) is 12.4. The Balaban J connectivity index is 1.78. The van der Waals surface area contributed by atoms with Crippen LogP contribution in [0.15, 0.2) is 41.8 Å². The topological polar surface area (TPSA) is 69.2 Å². The largest absolute Gasteiger partial charge is 0.490 e. The number of nitrogens with zero attached hydrogens (tertiary/aromatic N) is 3. The van der Waals surface area contributed by atoms with Gasteiger partial charge in [0.1, 0.15) is 11.6 Å². The first-order chi connectivity index (χ1) is 16.1. The van der Waals surface area contributed by atoms with Gasteiger partial charge in [-0.15, -0.1) is 11.3 Å². The minimum Gasteiger partial charge on any atom is -0.490 e. The Kier molecular flexibility index (Phi) is 7.40. The zero-order chi connectivity index (χ0) is 23.2. The SMILES string of the molecule is CCCCc1nc(Nc2cccc(-c3csc(C)n3)c2)c2cc(OCC)c(OCC)cc2n1. The lowest BCUT2D eigenvalue weighted by molar-refractivity contribution is 0.288. The minimum absolute atomic E-state index is 0.554. The summed E-state index contributed by atoms with van der Waals surface area (Å²) in [6.45, 7) is 9.25. The van der Waals surface area contributed by atoms with E-state index in [1.54, 1.807) is 11.3 Å². The monoisotopic (exact) mass is 462 g/mol. The molecule has 1 N–H and O–H groups in total. The molecule has 0 atom stereocenters. The van der Waals surface area contributed by atoms with Gasteiger partial charge in [-0.3, -0.25) is 0 Å². The molecule has 33 heavy (non-hydrogen) atoms. The van der Waals surface area contributed by atoms with Gasteiger partial charge in [0.05, 0.1) is 29.4 Å². The Bertz CT molecular complexity index is 1240. The Hall–Kier alpha value is -3.19. The van der Waals surface area contributed by atoms with Gasteiger partial charge in [0.2, 0.25) is 0 Å². The third-order valence-electron chi connectivity index (χ3n) is 5.20. The van der Waals surface area contributed by atoms with Crippen molar-refractivity contribution in [2.24, 2.45) is 0 Å². The molecule has 2 aromatic heterocycles. The van der Waals surface area contributed by atoms with Crippen LogP contribution in [0.5, 0.6) is 11.5 Å². The molecule has 0 saturated carbocycles. The Morgan fingerprint density at radius 1 is 0.939 bits per heavy atom. The molecule has 6 nitrogen and oxygen atoms in total. The summed E-state index contributed by atoms with van der Waals surface area (Å²) in [5.41, 5.74) is 3.85. The Morgan fingerprint density at radius 2 is 1.73 bits per heavy atom. The second-order valence-corrected chi connectivity index (χ2v) is 8.79. The summed E-state index contributed by atoms with van der Waals surface area (Å²) in [4.78, 5) is 14.3. The Morgan fingerprint density at radius 3 is 2.42 bits per heavy atom. The van der Waals surface area contributed by atoms with Gasteiger partial charge in [-0.25, -0.2) is 15.0 Å². The normalized spacial score (nSPS) is 11.0. The van der Waals surface area contributed by atoms with Crippen molar-refractivity contribution >= 4 is 33.7 Å². The zero-order valence-corrected chi connectivity index (χ0v) is 20.5. The number of unbranched alkanes of at least 4 members (excludes halogenated alkanes) is 1. The number of nitrogens with one attached hydrogen (secondary N) is 1. The average molecular weight is 463 g/mol. The van der Waals surface area contributed by atoms with Crippen molar-refractivity contribution in [3.05, 3.63) is 52.6 Å². The minimum atomic E-state index is 0.554. The number of aromatic nitrogens is 3. The van der Waals surface area contributed by atoms with Crippen LogP contribution in [0.4, 0.5) is 11.5 Å². The zero-order valence-electron chi connectivity index (χ0n) is 19.6. The number of rotatable bonds is 10. The van der Waals surface area contributed by atoms with Gasteiger partial charge >= 0.3 is 0 Å². The van der Waals surface area contributed by atoms with Crippen LogP contribution in [0.1, 0.15) is 44.4 Å². The van der Waals surface area contributed by atoms with E-state index in [-0.39, 0.29) is 0 Å². The lowest BCUT2D eigenvalue weighted by Crippen LogP contribution is -2.04. The van der Waals surface area contributed by atoms with Gasteiger partial charge in [-0.05, 0) is 45.4 Å². The summed E-state index contributed by atoms with van der Waals surface area (Å²) in [6.07, 6.45) is 2.96. The number of hydrogen-bond donors (Lipinski definition) is 1. The molecular weight excluding hydrogens is 432 g/mol. The maximum atomic E-state index is 5.86. The molecule has 0 spiro atoms. The molecular formula is C26H30N4O2S. The standard InChI is InChI=1S/C26H30N4O2S/c1-5-8-12-25-29-21-15-24(32-7-3)23(31-6-2)14-20(21)26(30-25)28-19-11-9-10-18(13-19)22-16-33-17(4)27-22/h9-11,13-16H,5-8,12H2,1-4H3,(H,28,29,30). The molecule has 0 unspecified atom stereocenters. The van der Waals surface area contributed by atoms with Crippen molar-refractivity contribution in [2.75, 3.05) is 18.5 Å². The van der Waals surface area contributed by atoms with Crippen LogP contribution < -0.4 is 14.8 Å². The van der Waals surface area contributed by atoms with Crippen molar-refractivity contribution in [2.45, 2.75) is 47.0 Å². The van der Waals surface area contributed by atoms with Crippen LogP contribution in [-0.4, -0.2) is 28.2 Å². The van der Waals surface area contributed by atoms with Crippen LogP contribution in [0, 0.1) is 6.92 Å². The van der Waals surface area contributed by atoms with E-state index in [0.717, 1.165) is 63.8 Å². The first kappa shape index (κ1) is 23.0. The number of thiazole rings is 1. The third kappa shape index (κ3) is 5.42. The molecule has 0 radical (unpaired) electrons. The van der Waals surface area contributed by atoms with Gasteiger partial charge < -0.3 is 14.8 Å². The maximum Gasteiger partial charge on any atom is 0.163 e. The Labute approximate surface area is 199 Å². The third-order valence-corrected chi connectivity index (χ3v) is 5.97. The summed E-state index contributed by atoms with van der Waals surface area (Å²) < 4.78 is 11.7. The highest BCUT2D eigenvalue weighted by atomic mass is 32.1. The number of anilines is 2. The van der Waals surface area contributed by atoms with E-state index in [0.29, 0.717) is 24.7 Å². The van der Waals surface area contributed by atoms with E-state index in [1.807, 2.05) is 45.0 Å². The summed E-state index contributed by atoms with van der Waals surface area (Å²) in [6, 6.07) is 12.2. The lowest BCUT2D eigenvalue weighted by Gasteiger charge is -2.15. The second kappa shape index (κ2) is 10.6. The van der Waals surface area contributed by atoms with E-state index < -0.39 is 0 Å². The fourth-order valence-corrected chi connectivity index (χ4v) is 4.27. The van der Waals surface area contributed by atoms with E-state index >= 15 is 0 Å². The number of fused-ring (bicyclic) bond motifs is 1. The van der Waals surface area contributed by atoms with Crippen molar-refractivity contribution in [1.82, 2.24) is 15.0 Å². The van der Waals surface area contributed by atoms with E-state index in [1.165, 1.54) is 0 Å². The highest BCUT2D eigenvalue weighted by Crippen LogP contribution is 2.36. The lowest BCUT2D eigenvalue weighted by atomic mass is 10.1. The van der Waals surface area contributed by atoms with Gasteiger partial charge in [-0.1, -0.05) is 25.5 Å². The first-order valence-electron chi connectivity index (χ1n) is 11.5. The van der Waals surface area contributed by atoms with E-state index in [4.69, 9.17) is 19.4 Å². The van der Waals surface area contributed by atoms with Gasteiger partial charge in [0.25, 0.3) is 0 Å². The molecule has 7 heteroatoms. The predicted molar refractivity (Wildman–Crippen MR) is 136 cm³/mol. The summed E-state index contributed by atoms with van der Waals surface area (Å²) in [7, 11) is 0. The molecule has 0 aliphatic rings. The number of benzene rings is 2. The number of aryl methyl sites for hydroxylation is 2. The highest BCUT2D eigenvalue weighted by molar-refractivity contribution is 7.09. The average Bonchev–Trinajstić information content (AvgIpc) is 3.25. The molecule has 0 fully saturated rings. The molecule has 4 rings (SSSR count). The molecule has 2 heterocycles. The maximum absolute atomic E-state index is 5.86. The highest BCUT2D eigenvalue weighted by Gasteiger charge is 2.15. The van der Waals surface area contributed by atoms with Crippen molar-refractivity contribution < 1.29 is 9.47 Å². The van der Waals surface area contributed by atoms with Crippen LogP contribution in [-0.2, 0) is 6.42 Å². The van der Waals surface area contributed by atoms with Gasteiger partial charge in [0, 0.05) is 34.5 Å². The smallest absolute Gasteiger partial charge is 0.163 e. The van der Waals surface area contributed by atoms with Crippen molar-refractivity contribution in [3.8, 4) is 22.8 Å². The van der Waals surface area contributed by atoms with E-state index in [9.17, 15) is 0 Å². The fourth-order valence-electron chi connectivity index (χ4n) is 3.65. The number of hydrogen-bond acceptors (Lipinski definition) is 7. The van der Waals surface area contributed by atoms with Crippen molar-refractivity contribution in [3.63, 3.8) is 0 Å². The van der Waals surface area contributed by atoms with Gasteiger partial charge in [0.15, 0.2) is 11.5 Å². The van der Waals surface area contributed by atoms with Crippen LogP contribution >= 0.6 is 11.3 Å². The van der Waals surface area contributed by atoms with Crippen LogP contribution in [0.25, 0.3) is 22.2 Å². The molecule has 0 bridgehead atoms. The molecule has 0 aliphatic carbocycles. The van der Waals surface area contributed by atoms with E-state index in [2.05, 4.69) is 34.7 Å². The molecule has 0 amide bonds. The molecule has 172 valence electrons. The molecule has 0 aliphatic heterocycles. The molecule has 2 aromatic carbocycles. The number of ether oxygens (including phenoxy) is 2. The van der Waals surface area contributed by atoms with Crippen LogP contribution in [0.3, 0.4) is 0 Å². The summed E-state index contributed by atoms with van der Waals surface area (Å²) in [5.74, 6) is 3.00. The molecule has 4 aromatic rings. The van der Waals surface area contributed by atoms with Crippen LogP contribution in [0.2, 0.25) is 0 Å². The quantitative estimate of drug-likeness (QED) is 0.275. The van der Waals surface area contributed by atoms with Crippen molar-refractivity contribution in [1.29, 1.82) is 0 Å². The second-order valence-electron chi connectivity index (χ2n) is 7.73. The summed E-state index contributed by atoms with van der Waals surface area (Å²) >= 11 is 1.65. The predicted octanol–water partition coefficient (Wildman–Crippen LogP) is 6.95. The molecule has 0 saturated heterocycles. The fraction of sp³-hybridized carbons (Fsp3) is 0.346. The summed E-state index contributed by atoms with van der Waals surface area (Å²) in [5, 5.41) is 7.57. The van der Waals surface area contributed by atoms with Gasteiger partial charge in [-0.2, -0.15) is 0 Å².